The van der Waals surface area contributed by atoms with E-state index in [0.29, 0.717) is 24.2 Å². The molecule has 0 amide bonds. The minimum absolute atomic E-state index is 0.299. The van der Waals surface area contributed by atoms with Gasteiger partial charge in [-0.05, 0) is 36.3 Å². The molecule has 0 fully saturated rings. The lowest BCUT2D eigenvalue weighted by molar-refractivity contribution is 0.219. The Balaban J connectivity index is 2.63. The first kappa shape index (κ1) is 13.4. The van der Waals surface area contributed by atoms with Crippen LogP contribution >= 0.6 is 12.6 Å². The summed E-state index contributed by atoms with van der Waals surface area (Å²) in [6.45, 7) is 6.68. The summed E-state index contributed by atoms with van der Waals surface area (Å²) < 4.78 is 18.9. The normalized spacial score (nSPS) is 12.9. The molecule has 0 bridgehead atoms. The average Bonchev–Trinajstić information content (AvgIpc) is 2.23. The van der Waals surface area contributed by atoms with Crippen LogP contribution in [0.1, 0.15) is 19.4 Å². The van der Waals surface area contributed by atoms with Crippen molar-refractivity contribution >= 4 is 12.6 Å². The monoisotopic (exact) mass is 242 g/mol. The number of rotatable bonds is 5. The topological polar surface area (TPSA) is 9.23 Å². The standard InChI is InChI=1S/C13H19FOS/c1-9(2)11(8-16)7-15-13-6-10(3)4-5-12(13)14/h4-6,9,11,16H,7-8H2,1-3H3. The Morgan fingerprint density at radius 2 is 2.06 bits per heavy atom. The van der Waals surface area contributed by atoms with Crippen LogP contribution in [0.2, 0.25) is 0 Å². The molecule has 0 radical (unpaired) electrons. The Morgan fingerprint density at radius 1 is 1.38 bits per heavy atom. The van der Waals surface area contributed by atoms with Gasteiger partial charge in [0.1, 0.15) is 0 Å². The summed E-state index contributed by atoms with van der Waals surface area (Å²) in [6.07, 6.45) is 0. The van der Waals surface area contributed by atoms with Gasteiger partial charge in [-0.25, -0.2) is 4.39 Å². The summed E-state index contributed by atoms with van der Waals surface area (Å²) in [5.74, 6) is 1.64. The molecule has 1 nitrogen and oxygen atoms in total. The van der Waals surface area contributed by atoms with Crippen LogP contribution in [0.15, 0.2) is 18.2 Å². The Hall–Kier alpha value is -0.700. The number of halogens is 1. The van der Waals surface area contributed by atoms with Gasteiger partial charge in [0.25, 0.3) is 0 Å². The maximum atomic E-state index is 13.4. The van der Waals surface area contributed by atoms with Gasteiger partial charge in [0.15, 0.2) is 11.6 Å². The lowest BCUT2D eigenvalue weighted by Gasteiger charge is -2.19. The van der Waals surface area contributed by atoms with Crippen molar-refractivity contribution in [3.63, 3.8) is 0 Å². The summed E-state index contributed by atoms with van der Waals surface area (Å²) in [4.78, 5) is 0. The highest BCUT2D eigenvalue weighted by atomic mass is 32.1. The average molecular weight is 242 g/mol. The smallest absolute Gasteiger partial charge is 0.165 e. The van der Waals surface area contributed by atoms with Gasteiger partial charge in [-0.3, -0.25) is 0 Å². The molecule has 1 unspecified atom stereocenters. The largest absolute Gasteiger partial charge is 0.490 e. The second-order valence-corrected chi connectivity index (χ2v) is 4.80. The molecule has 1 atom stereocenters. The van der Waals surface area contributed by atoms with E-state index < -0.39 is 0 Å². The highest BCUT2D eigenvalue weighted by Gasteiger charge is 2.13. The number of aryl methyl sites for hydroxylation is 1. The number of thiol groups is 1. The van der Waals surface area contributed by atoms with E-state index in [9.17, 15) is 4.39 Å². The molecule has 0 N–H and O–H groups in total. The molecule has 1 aromatic rings. The number of hydrogen-bond acceptors (Lipinski definition) is 2. The maximum Gasteiger partial charge on any atom is 0.165 e. The Morgan fingerprint density at radius 3 is 2.62 bits per heavy atom. The van der Waals surface area contributed by atoms with E-state index >= 15 is 0 Å². The van der Waals surface area contributed by atoms with Gasteiger partial charge in [-0.1, -0.05) is 19.9 Å². The van der Waals surface area contributed by atoms with E-state index in [1.54, 1.807) is 12.1 Å². The third-order valence-electron chi connectivity index (χ3n) is 2.72. The highest BCUT2D eigenvalue weighted by molar-refractivity contribution is 7.80. The summed E-state index contributed by atoms with van der Waals surface area (Å²) in [7, 11) is 0. The van der Waals surface area contributed by atoms with Crippen LogP contribution in [0, 0.1) is 24.6 Å². The minimum atomic E-state index is -0.299. The van der Waals surface area contributed by atoms with Gasteiger partial charge in [0.05, 0.1) is 6.61 Å². The first-order chi connectivity index (χ1) is 7.54. The summed E-state index contributed by atoms with van der Waals surface area (Å²) >= 11 is 4.27. The molecule has 0 aliphatic heterocycles. The zero-order valence-electron chi connectivity index (χ0n) is 10.0. The summed E-state index contributed by atoms with van der Waals surface area (Å²) in [5.41, 5.74) is 1.00. The Kier molecular flexibility index (Phi) is 5.13. The number of benzene rings is 1. The third kappa shape index (κ3) is 3.71. The molecule has 0 aliphatic rings. The fourth-order valence-electron chi connectivity index (χ4n) is 1.37. The molecule has 0 heterocycles. The summed E-state index contributed by atoms with van der Waals surface area (Å²) in [5, 5.41) is 0. The van der Waals surface area contributed by atoms with Crippen molar-refractivity contribution in [2.24, 2.45) is 11.8 Å². The van der Waals surface area contributed by atoms with Gasteiger partial charge in [-0.15, -0.1) is 0 Å². The van der Waals surface area contributed by atoms with Crippen LogP contribution < -0.4 is 4.74 Å². The van der Waals surface area contributed by atoms with Gasteiger partial charge < -0.3 is 4.74 Å². The van der Waals surface area contributed by atoms with E-state index in [2.05, 4.69) is 26.5 Å². The molecule has 1 aromatic carbocycles. The van der Waals surface area contributed by atoms with E-state index in [0.717, 1.165) is 11.3 Å². The number of hydrogen-bond donors (Lipinski definition) is 1. The lowest BCUT2D eigenvalue weighted by atomic mass is 9.99. The third-order valence-corrected chi connectivity index (χ3v) is 3.19. The number of ether oxygens (including phenoxy) is 1. The van der Waals surface area contributed by atoms with E-state index in [4.69, 9.17) is 4.74 Å². The molecule has 3 heteroatoms. The predicted molar refractivity (Wildman–Crippen MR) is 68.8 cm³/mol. The molecule has 0 spiro atoms. The molecule has 90 valence electrons. The molecular formula is C13H19FOS. The Bertz CT molecular complexity index is 339. The molecule has 0 aliphatic carbocycles. The van der Waals surface area contributed by atoms with Gasteiger partial charge in [0.2, 0.25) is 0 Å². The van der Waals surface area contributed by atoms with Crippen molar-refractivity contribution in [1.82, 2.24) is 0 Å². The molecule has 16 heavy (non-hydrogen) atoms. The molecular weight excluding hydrogens is 223 g/mol. The molecule has 1 rings (SSSR count). The second kappa shape index (κ2) is 6.14. The molecule has 0 saturated heterocycles. The van der Waals surface area contributed by atoms with Crippen molar-refractivity contribution in [3.8, 4) is 5.75 Å². The second-order valence-electron chi connectivity index (χ2n) is 4.43. The quantitative estimate of drug-likeness (QED) is 0.774. The van der Waals surface area contributed by atoms with Crippen LogP contribution in [0.4, 0.5) is 4.39 Å². The van der Waals surface area contributed by atoms with Crippen molar-refractivity contribution in [2.75, 3.05) is 12.4 Å². The Labute approximate surface area is 102 Å². The van der Waals surface area contributed by atoms with Crippen LogP contribution in [0.25, 0.3) is 0 Å². The van der Waals surface area contributed by atoms with Crippen LogP contribution in [0.3, 0.4) is 0 Å². The van der Waals surface area contributed by atoms with Crippen molar-refractivity contribution in [1.29, 1.82) is 0 Å². The minimum Gasteiger partial charge on any atom is -0.490 e. The van der Waals surface area contributed by atoms with Crippen LogP contribution in [-0.2, 0) is 0 Å². The fraction of sp³-hybridized carbons (Fsp3) is 0.538. The van der Waals surface area contributed by atoms with Crippen LogP contribution in [-0.4, -0.2) is 12.4 Å². The van der Waals surface area contributed by atoms with E-state index in [-0.39, 0.29) is 5.82 Å². The lowest BCUT2D eigenvalue weighted by Crippen LogP contribution is -2.19. The van der Waals surface area contributed by atoms with Crippen molar-refractivity contribution in [3.05, 3.63) is 29.6 Å². The predicted octanol–water partition coefficient (Wildman–Crippen LogP) is 3.71. The molecule has 0 saturated carbocycles. The van der Waals surface area contributed by atoms with E-state index in [1.165, 1.54) is 6.07 Å². The zero-order valence-corrected chi connectivity index (χ0v) is 10.9. The van der Waals surface area contributed by atoms with E-state index in [1.807, 2.05) is 6.92 Å². The summed E-state index contributed by atoms with van der Waals surface area (Å²) in [6, 6.07) is 4.90. The van der Waals surface area contributed by atoms with Gasteiger partial charge >= 0.3 is 0 Å². The van der Waals surface area contributed by atoms with Crippen molar-refractivity contribution < 1.29 is 9.13 Å². The zero-order chi connectivity index (χ0) is 12.1. The first-order valence-electron chi connectivity index (χ1n) is 5.54. The van der Waals surface area contributed by atoms with Gasteiger partial charge in [0, 0.05) is 5.92 Å². The SMILES string of the molecule is Cc1ccc(F)c(OCC(CS)C(C)C)c1. The van der Waals surface area contributed by atoms with Crippen molar-refractivity contribution in [2.45, 2.75) is 20.8 Å². The first-order valence-corrected chi connectivity index (χ1v) is 6.17. The van der Waals surface area contributed by atoms with Gasteiger partial charge in [-0.2, -0.15) is 12.6 Å². The van der Waals surface area contributed by atoms with Crippen LogP contribution in [0.5, 0.6) is 5.75 Å². The highest BCUT2D eigenvalue weighted by Crippen LogP contribution is 2.21. The fourth-order valence-corrected chi connectivity index (χ4v) is 1.90. The molecule has 0 aromatic heterocycles. The maximum absolute atomic E-state index is 13.4.